The molecule has 0 radical (unpaired) electrons. The molecule has 0 amide bonds. The van der Waals surface area contributed by atoms with Gasteiger partial charge >= 0.3 is 5.69 Å². The van der Waals surface area contributed by atoms with E-state index in [-0.39, 0.29) is 11.5 Å². The number of carbonyl (C=O) groups excluding carboxylic acids is 1. The number of methoxy groups -OCH3 is 1. The molecule has 1 aromatic heterocycles. The normalized spacial score (nSPS) is 10.1. The predicted molar refractivity (Wildman–Crippen MR) is 77.3 cm³/mol. The van der Waals surface area contributed by atoms with E-state index >= 15 is 0 Å². The molecule has 2 rings (SSSR count). The lowest BCUT2D eigenvalue weighted by Gasteiger charge is -2.04. The lowest BCUT2D eigenvalue weighted by molar-refractivity contribution is -0.383. The number of hydrogen-bond donors (Lipinski definition) is 1. The number of rotatable bonds is 5. The Morgan fingerprint density at radius 3 is 2.50 bits per heavy atom. The molecule has 0 unspecified atom stereocenters. The number of nitro groups is 1. The Morgan fingerprint density at radius 2 is 2.00 bits per heavy atom. The number of anilines is 2. The first-order chi connectivity index (χ1) is 9.51. The van der Waals surface area contributed by atoms with Crippen molar-refractivity contribution < 1.29 is 14.5 Å². The van der Waals surface area contributed by atoms with Gasteiger partial charge in [-0.25, -0.2) is 0 Å². The minimum atomic E-state index is -0.505. The summed E-state index contributed by atoms with van der Waals surface area (Å²) in [7, 11) is 1.56. The van der Waals surface area contributed by atoms with E-state index in [1.807, 2.05) is 0 Å². The highest BCUT2D eigenvalue weighted by Crippen LogP contribution is 2.37. The molecule has 0 atom stereocenters. The zero-order valence-electron chi connectivity index (χ0n) is 10.9. The van der Waals surface area contributed by atoms with Crippen LogP contribution in [0, 0.1) is 10.1 Å². The number of Topliss-reactive ketones (excluding diaryl/α,β-unsaturated/α-hetero) is 1. The molecular formula is C13H12N2O4S. The summed E-state index contributed by atoms with van der Waals surface area (Å²) in [6.07, 6.45) is 0. The Bertz CT molecular complexity index is 649. The van der Waals surface area contributed by atoms with Crippen LogP contribution in [0.25, 0.3) is 0 Å². The summed E-state index contributed by atoms with van der Waals surface area (Å²) in [5.74, 6) is 0.501. The van der Waals surface area contributed by atoms with Gasteiger partial charge in [0.15, 0.2) is 10.8 Å². The fourth-order valence-electron chi connectivity index (χ4n) is 1.59. The largest absolute Gasteiger partial charge is 0.497 e. The van der Waals surface area contributed by atoms with Crippen molar-refractivity contribution in [3.05, 3.63) is 45.3 Å². The molecule has 0 saturated heterocycles. The first-order valence-electron chi connectivity index (χ1n) is 5.71. The maximum Gasteiger partial charge on any atom is 0.304 e. The third-order valence-electron chi connectivity index (χ3n) is 2.60. The maximum absolute atomic E-state index is 11.3. The number of hydrogen-bond acceptors (Lipinski definition) is 6. The third-order valence-corrected chi connectivity index (χ3v) is 3.74. The Balaban J connectivity index is 2.31. The summed E-state index contributed by atoms with van der Waals surface area (Å²) >= 11 is 1.07. The van der Waals surface area contributed by atoms with Gasteiger partial charge in [0, 0.05) is 11.8 Å². The average molecular weight is 292 g/mol. The molecule has 2 aromatic rings. The van der Waals surface area contributed by atoms with Crippen LogP contribution in [0.4, 0.5) is 16.4 Å². The average Bonchev–Trinajstić information content (AvgIpc) is 2.84. The number of ether oxygens (including phenoxy) is 1. The number of carbonyl (C=O) groups is 1. The second-order valence-electron chi connectivity index (χ2n) is 3.99. The van der Waals surface area contributed by atoms with Crippen molar-refractivity contribution in [3.8, 4) is 5.75 Å². The van der Waals surface area contributed by atoms with E-state index in [4.69, 9.17) is 4.74 Å². The summed E-state index contributed by atoms with van der Waals surface area (Å²) in [5, 5.41) is 14.3. The van der Waals surface area contributed by atoms with Crippen LogP contribution in [0.15, 0.2) is 30.3 Å². The molecule has 0 bridgehead atoms. The van der Waals surface area contributed by atoms with Crippen LogP contribution in [0.5, 0.6) is 5.75 Å². The van der Waals surface area contributed by atoms with Crippen LogP contribution in [0.1, 0.15) is 16.6 Å². The number of benzene rings is 1. The Kier molecular flexibility index (Phi) is 3.99. The quantitative estimate of drug-likeness (QED) is 0.517. The first-order valence-corrected chi connectivity index (χ1v) is 6.53. The molecule has 0 aliphatic rings. The molecule has 20 heavy (non-hydrogen) atoms. The molecule has 7 heteroatoms. The van der Waals surface area contributed by atoms with E-state index in [9.17, 15) is 14.9 Å². The van der Waals surface area contributed by atoms with Gasteiger partial charge in [-0.1, -0.05) is 0 Å². The fraction of sp³-hybridized carbons (Fsp3) is 0.154. The van der Waals surface area contributed by atoms with Gasteiger partial charge in [-0.05, 0) is 31.2 Å². The molecule has 0 fully saturated rings. The molecular weight excluding hydrogens is 280 g/mol. The van der Waals surface area contributed by atoms with Crippen LogP contribution in [-0.4, -0.2) is 17.8 Å². The molecule has 6 nitrogen and oxygen atoms in total. The molecule has 1 N–H and O–H groups in total. The lowest BCUT2D eigenvalue weighted by atomic mass is 10.3. The molecule has 0 spiro atoms. The highest BCUT2D eigenvalue weighted by molar-refractivity contribution is 7.18. The fourth-order valence-corrected chi connectivity index (χ4v) is 2.53. The van der Waals surface area contributed by atoms with Crippen molar-refractivity contribution in [1.29, 1.82) is 0 Å². The van der Waals surface area contributed by atoms with E-state index in [1.165, 1.54) is 13.0 Å². The van der Waals surface area contributed by atoms with Crippen LogP contribution in [-0.2, 0) is 0 Å². The van der Waals surface area contributed by atoms with Crippen molar-refractivity contribution in [2.45, 2.75) is 6.92 Å². The SMILES string of the molecule is COc1ccc(Nc2sc(C(C)=O)cc2[N+](=O)[O-])cc1. The van der Waals surface area contributed by atoms with E-state index < -0.39 is 4.92 Å². The number of ketones is 1. The Hall–Kier alpha value is -2.41. The third kappa shape index (κ3) is 2.94. The van der Waals surface area contributed by atoms with Crippen LogP contribution >= 0.6 is 11.3 Å². The molecule has 1 aromatic carbocycles. The van der Waals surface area contributed by atoms with Crippen molar-refractivity contribution in [3.63, 3.8) is 0 Å². The zero-order chi connectivity index (χ0) is 14.7. The number of nitrogens with one attached hydrogen (secondary N) is 1. The van der Waals surface area contributed by atoms with Crippen molar-refractivity contribution in [2.24, 2.45) is 0 Å². The van der Waals surface area contributed by atoms with Gasteiger partial charge in [0.05, 0.1) is 16.9 Å². The summed E-state index contributed by atoms with van der Waals surface area (Å²) < 4.78 is 5.04. The molecule has 104 valence electrons. The van der Waals surface area contributed by atoms with E-state index in [2.05, 4.69) is 5.32 Å². The van der Waals surface area contributed by atoms with Gasteiger partial charge in [0.2, 0.25) is 0 Å². The second kappa shape index (κ2) is 5.70. The van der Waals surface area contributed by atoms with Crippen molar-refractivity contribution in [1.82, 2.24) is 0 Å². The molecule has 0 aliphatic heterocycles. The van der Waals surface area contributed by atoms with Gasteiger partial charge in [-0.15, -0.1) is 11.3 Å². The number of nitrogens with zero attached hydrogens (tertiary/aromatic N) is 1. The van der Waals surface area contributed by atoms with Gasteiger partial charge < -0.3 is 10.1 Å². The highest BCUT2D eigenvalue weighted by atomic mass is 32.1. The van der Waals surface area contributed by atoms with Crippen LogP contribution in [0.2, 0.25) is 0 Å². The molecule has 0 aliphatic carbocycles. The van der Waals surface area contributed by atoms with Gasteiger partial charge in [-0.2, -0.15) is 0 Å². The maximum atomic E-state index is 11.3. The topological polar surface area (TPSA) is 81.5 Å². The zero-order valence-corrected chi connectivity index (χ0v) is 11.7. The summed E-state index contributed by atoms with van der Waals surface area (Å²) in [6, 6.07) is 8.27. The van der Waals surface area contributed by atoms with Crippen LogP contribution < -0.4 is 10.1 Å². The standard InChI is InChI=1S/C13H12N2O4S/c1-8(16)12-7-11(15(17)18)13(20-12)14-9-3-5-10(19-2)6-4-9/h3-7,14H,1-2H3. The number of thiophene rings is 1. The minimum absolute atomic E-state index is 0.101. The summed E-state index contributed by atoms with van der Waals surface area (Å²) in [4.78, 5) is 22.2. The minimum Gasteiger partial charge on any atom is -0.497 e. The smallest absolute Gasteiger partial charge is 0.304 e. The lowest BCUT2D eigenvalue weighted by Crippen LogP contribution is -1.93. The molecule has 0 saturated carbocycles. The van der Waals surface area contributed by atoms with E-state index in [1.54, 1.807) is 31.4 Å². The summed E-state index contributed by atoms with van der Waals surface area (Å²) in [5.41, 5.74) is 0.585. The highest BCUT2D eigenvalue weighted by Gasteiger charge is 2.20. The first kappa shape index (κ1) is 14.0. The van der Waals surface area contributed by atoms with Gasteiger partial charge in [-0.3, -0.25) is 14.9 Å². The van der Waals surface area contributed by atoms with Gasteiger partial charge in [0.25, 0.3) is 0 Å². The van der Waals surface area contributed by atoms with Gasteiger partial charge in [0.1, 0.15) is 5.75 Å². The Labute approximate surface area is 119 Å². The van der Waals surface area contributed by atoms with Crippen molar-refractivity contribution in [2.75, 3.05) is 12.4 Å². The van der Waals surface area contributed by atoms with Crippen LogP contribution in [0.3, 0.4) is 0 Å². The monoisotopic (exact) mass is 292 g/mol. The predicted octanol–water partition coefficient (Wildman–Crippen LogP) is 3.61. The van der Waals surface area contributed by atoms with Crippen molar-refractivity contribution >= 4 is 33.5 Å². The summed E-state index contributed by atoms with van der Waals surface area (Å²) in [6.45, 7) is 1.38. The van der Waals surface area contributed by atoms with E-state index in [0.717, 1.165) is 11.3 Å². The Morgan fingerprint density at radius 1 is 1.35 bits per heavy atom. The van der Waals surface area contributed by atoms with E-state index in [0.29, 0.717) is 21.3 Å². The second-order valence-corrected chi connectivity index (χ2v) is 5.04. The molecule has 1 heterocycles.